The summed E-state index contributed by atoms with van der Waals surface area (Å²) in [5.41, 5.74) is -1.31. The number of carbonyl (C=O) groups is 3. The van der Waals surface area contributed by atoms with Crippen LogP contribution in [0.2, 0.25) is 0 Å². The molecule has 6 N–H and O–H groups in total. The molecule has 2 aliphatic rings. The van der Waals surface area contributed by atoms with Gasteiger partial charge in [-0.3, -0.25) is 9.59 Å². The molecule has 0 aromatic heterocycles. The maximum absolute atomic E-state index is 13.2. The number of phenolic OH excluding ortho intramolecular Hbond substituents is 3. The number of aromatic carboxylic acids is 1. The molecule has 0 heterocycles. The van der Waals surface area contributed by atoms with Crippen LogP contribution in [0.5, 0.6) is 23.0 Å². The lowest BCUT2D eigenvalue weighted by Crippen LogP contribution is -2.23. The van der Waals surface area contributed by atoms with E-state index in [1.54, 1.807) is 0 Å². The van der Waals surface area contributed by atoms with Gasteiger partial charge in [0, 0.05) is 34.7 Å². The Morgan fingerprint density at radius 2 is 1.48 bits per heavy atom. The predicted octanol–water partition coefficient (Wildman–Crippen LogP) is 2.55. The Hall–Kier alpha value is -4.37. The van der Waals surface area contributed by atoms with Crippen molar-refractivity contribution in [1.29, 1.82) is 0 Å². The molecule has 166 valence electrons. The summed E-state index contributed by atoms with van der Waals surface area (Å²) in [5.74, 6) is -5.44. The first-order chi connectivity index (χ1) is 15.5. The summed E-state index contributed by atoms with van der Waals surface area (Å²) < 4.78 is 0. The highest BCUT2D eigenvalue weighted by Crippen LogP contribution is 2.52. The van der Waals surface area contributed by atoms with E-state index in [1.807, 2.05) is 0 Å². The van der Waals surface area contributed by atoms with Gasteiger partial charge in [0.1, 0.15) is 28.6 Å². The van der Waals surface area contributed by atoms with Crippen LogP contribution in [0.4, 0.5) is 0 Å². The third-order valence-corrected chi connectivity index (χ3v) is 6.19. The molecule has 2 aliphatic carbocycles. The minimum atomic E-state index is -1.42. The first-order valence-corrected chi connectivity index (χ1v) is 9.85. The Morgan fingerprint density at radius 1 is 0.848 bits per heavy atom. The van der Waals surface area contributed by atoms with Gasteiger partial charge < -0.3 is 30.6 Å². The summed E-state index contributed by atoms with van der Waals surface area (Å²) in [5, 5.41) is 62.1. The van der Waals surface area contributed by atoms with E-state index in [1.165, 1.54) is 19.1 Å². The van der Waals surface area contributed by atoms with E-state index in [9.17, 15) is 45.0 Å². The predicted molar refractivity (Wildman–Crippen MR) is 112 cm³/mol. The second-order valence-electron chi connectivity index (χ2n) is 8.13. The molecule has 0 radical (unpaired) electrons. The Balaban J connectivity index is 1.87. The van der Waals surface area contributed by atoms with Crippen molar-refractivity contribution >= 4 is 17.5 Å². The molecule has 0 saturated carbocycles. The van der Waals surface area contributed by atoms with Crippen LogP contribution in [0.1, 0.15) is 65.0 Å². The number of carboxylic acid groups (broad SMARTS) is 1. The molecular weight excluding hydrogens is 432 g/mol. The largest absolute Gasteiger partial charge is 0.508 e. The highest BCUT2D eigenvalue weighted by molar-refractivity contribution is 6.31. The smallest absolute Gasteiger partial charge is 0.339 e. The minimum Gasteiger partial charge on any atom is -0.508 e. The number of aliphatic hydroxyl groups excluding tert-OH is 1. The van der Waals surface area contributed by atoms with Crippen molar-refractivity contribution in [3.63, 3.8) is 0 Å². The Kier molecular flexibility index (Phi) is 4.08. The second kappa shape index (κ2) is 6.57. The van der Waals surface area contributed by atoms with Crippen LogP contribution in [-0.2, 0) is 6.42 Å². The number of hydrogen-bond acceptors (Lipinski definition) is 8. The molecule has 33 heavy (non-hydrogen) atoms. The molecule has 0 fully saturated rings. The fourth-order valence-corrected chi connectivity index (χ4v) is 4.81. The van der Waals surface area contributed by atoms with Gasteiger partial charge in [-0.15, -0.1) is 0 Å². The van der Waals surface area contributed by atoms with Crippen molar-refractivity contribution in [3.8, 4) is 34.1 Å². The topological polar surface area (TPSA) is 173 Å². The number of benzene rings is 3. The van der Waals surface area contributed by atoms with Crippen LogP contribution >= 0.6 is 0 Å². The van der Waals surface area contributed by atoms with Gasteiger partial charge in [-0.1, -0.05) is 6.07 Å². The van der Waals surface area contributed by atoms with Crippen LogP contribution in [0, 0.1) is 6.92 Å². The average molecular weight is 448 g/mol. The number of aromatic hydroxyl groups is 4. The Bertz CT molecular complexity index is 1470. The van der Waals surface area contributed by atoms with Gasteiger partial charge in [0.25, 0.3) is 0 Å². The van der Waals surface area contributed by atoms with Crippen LogP contribution in [-0.4, -0.2) is 48.2 Å². The van der Waals surface area contributed by atoms with E-state index >= 15 is 0 Å². The zero-order chi connectivity index (χ0) is 23.9. The van der Waals surface area contributed by atoms with Crippen molar-refractivity contribution < 1.29 is 45.0 Å². The monoisotopic (exact) mass is 448 g/mol. The summed E-state index contributed by atoms with van der Waals surface area (Å²) in [6.07, 6.45) is -1.26. The third kappa shape index (κ3) is 2.60. The minimum absolute atomic E-state index is 0.0666. The zero-order valence-electron chi connectivity index (χ0n) is 17.0. The molecule has 0 aliphatic heterocycles. The molecule has 1 atom stereocenters. The molecule has 5 rings (SSSR count). The van der Waals surface area contributed by atoms with Crippen LogP contribution in [0.15, 0.2) is 24.3 Å². The zero-order valence-corrected chi connectivity index (χ0v) is 17.0. The third-order valence-electron chi connectivity index (χ3n) is 6.19. The van der Waals surface area contributed by atoms with Crippen LogP contribution in [0.25, 0.3) is 11.1 Å². The summed E-state index contributed by atoms with van der Waals surface area (Å²) in [6.45, 7) is 1.45. The van der Waals surface area contributed by atoms with Crippen molar-refractivity contribution in [2.75, 3.05) is 0 Å². The summed E-state index contributed by atoms with van der Waals surface area (Å²) in [4.78, 5) is 38.0. The van der Waals surface area contributed by atoms with Crippen molar-refractivity contribution in [2.24, 2.45) is 0 Å². The molecule has 9 heteroatoms. The van der Waals surface area contributed by atoms with Crippen LogP contribution < -0.4 is 0 Å². The van der Waals surface area contributed by atoms with Gasteiger partial charge in [0.15, 0.2) is 11.6 Å². The lowest BCUT2D eigenvalue weighted by atomic mass is 9.75. The maximum Gasteiger partial charge on any atom is 0.339 e. The van der Waals surface area contributed by atoms with E-state index in [4.69, 9.17) is 0 Å². The molecule has 3 aromatic rings. The number of carbonyl (C=O) groups excluding carboxylic acids is 2. The standard InChI is InChI=1S/C24H16O9/c1-7-2-10-13(26)4-8-3-11-19(23(31)16(8)18(10)22(30)15(7)24(32)33)21(29)12-5-9(25)6-14(27)17(12)20(11)28/h2-3,5-6,13,25-27,30-31H,4H2,1H3,(H,32,33)/t13-/m1/s1. The average Bonchev–Trinajstić information content (AvgIpc) is 2.71. The quantitative estimate of drug-likeness (QED) is 0.256. The maximum atomic E-state index is 13.2. The van der Waals surface area contributed by atoms with Crippen molar-refractivity contribution in [3.05, 3.63) is 68.8 Å². The number of aliphatic hydroxyl groups is 1. The van der Waals surface area contributed by atoms with E-state index in [2.05, 4.69) is 0 Å². The number of aryl methyl sites for hydroxylation is 1. The summed E-state index contributed by atoms with van der Waals surface area (Å²) in [6, 6.07) is 4.59. The molecule has 9 nitrogen and oxygen atoms in total. The Labute approximate surface area is 185 Å². The van der Waals surface area contributed by atoms with Crippen molar-refractivity contribution in [1.82, 2.24) is 0 Å². The molecule has 0 saturated heterocycles. The fourth-order valence-electron chi connectivity index (χ4n) is 4.81. The molecule has 0 amide bonds. The highest BCUT2D eigenvalue weighted by Gasteiger charge is 2.40. The van der Waals surface area contributed by atoms with E-state index in [-0.39, 0.29) is 50.9 Å². The van der Waals surface area contributed by atoms with E-state index in [0.717, 1.165) is 12.1 Å². The molecule has 0 spiro atoms. The van der Waals surface area contributed by atoms with Gasteiger partial charge in [-0.2, -0.15) is 0 Å². The number of fused-ring (bicyclic) bond motifs is 5. The fraction of sp³-hybridized carbons (Fsp3) is 0.125. The first-order valence-electron chi connectivity index (χ1n) is 9.85. The number of rotatable bonds is 1. The summed E-state index contributed by atoms with van der Waals surface area (Å²) in [7, 11) is 0. The molecule has 0 bridgehead atoms. The lowest BCUT2D eigenvalue weighted by Gasteiger charge is -2.30. The number of phenols is 4. The molecular formula is C24H16O9. The number of ketones is 2. The van der Waals surface area contributed by atoms with Gasteiger partial charge >= 0.3 is 5.97 Å². The molecule has 3 aromatic carbocycles. The first kappa shape index (κ1) is 20.5. The van der Waals surface area contributed by atoms with E-state index < -0.39 is 57.8 Å². The SMILES string of the molecule is Cc1cc2c(c(O)c1C(=O)O)-c1c(cc3c(c1O)C(=O)c1cc(O)cc(O)c1C3=O)C[C@H]2O. The lowest BCUT2D eigenvalue weighted by molar-refractivity contribution is 0.0692. The molecule has 0 unspecified atom stereocenters. The van der Waals surface area contributed by atoms with Gasteiger partial charge in [0.2, 0.25) is 0 Å². The summed E-state index contributed by atoms with van der Waals surface area (Å²) >= 11 is 0. The number of hydrogen-bond donors (Lipinski definition) is 6. The second-order valence-corrected chi connectivity index (χ2v) is 8.13. The number of carboxylic acids is 1. The van der Waals surface area contributed by atoms with E-state index in [0.29, 0.717) is 0 Å². The van der Waals surface area contributed by atoms with Crippen LogP contribution in [0.3, 0.4) is 0 Å². The Morgan fingerprint density at radius 3 is 2.15 bits per heavy atom. The normalized spacial score (nSPS) is 16.0. The van der Waals surface area contributed by atoms with Gasteiger partial charge in [-0.05, 0) is 35.7 Å². The van der Waals surface area contributed by atoms with Gasteiger partial charge in [0.05, 0.1) is 17.2 Å². The van der Waals surface area contributed by atoms with Crippen molar-refractivity contribution in [2.45, 2.75) is 19.4 Å². The van der Waals surface area contributed by atoms with Gasteiger partial charge in [-0.25, -0.2) is 4.79 Å². The highest BCUT2D eigenvalue weighted by atomic mass is 16.4.